The van der Waals surface area contributed by atoms with Crippen LogP contribution in [-0.4, -0.2) is 164 Å². The minimum absolute atomic E-state index is 0.0295. The van der Waals surface area contributed by atoms with Crippen molar-refractivity contribution < 1.29 is 63.3 Å². The number of phenolic OH excluding ortho intramolecular Hbond substituents is 1. The number of amides is 10. The van der Waals surface area contributed by atoms with E-state index >= 15 is 0 Å². The fourth-order valence-corrected chi connectivity index (χ4v) is 11.1. The Hall–Kier alpha value is -8.33. The molecule has 19 N–H and O–H groups in total. The van der Waals surface area contributed by atoms with Crippen LogP contribution in [0.25, 0.3) is 10.9 Å². The lowest BCUT2D eigenvalue weighted by atomic mass is 9.84. The number of aromatic nitrogens is 1. The number of phenols is 1. The molecule has 0 bridgehead atoms. The molecule has 1 saturated heterocycles. The number of hydrogen-bond acceptors (Lipinski definition) is 14. The van der Waals surface area contributed by atoms with Crippen LogP contribution in [0.4, 0.5) is 0 Å². The van der Waals surface area contributed by atoms with Gasteiger partial charge in [0.2, 0.25) is 59.1 Å². The molecule has 86 heavy (non-hydrogen) atoms. The zero-order valence-corrected chi connectivity index (χ0v) is 49.5. The number of likely N-dealkylation sites (tertiary alicyclic amines) is 1. The highest BCUT2D eigenvalue weighted by molar-refractivity contribution is 5.99. The first-order valence-electron chi connectivity index (χ1n) is 29.5. The van der Waals surface area contributed by atoms with Gasteiger partial charge in [-0.3, -0.25) is 52.9 Å². The number of aliphatic hydroxyl groups excluding tert-OH is 2. The van der Waals surface area contributed by atoms with Gasteiger partial charge in [-0.25, -0.2) is 0 Å². The minimum Gasteiger partial charge on any atom is -0.508 e. The zero-order chi connectivity index (χ0) is 63.2. The Kier molecular flexibility index (Phi) is 26.6. The zero-order valence-electron chi connectivity index (χ0n) is 49.5. The molecule has 472 valence electrons. The van der Waals surface area contributed by atoms with Gasteiger partial charge in [0.15, 0.2) is 5.96 Å². The molecule has 27 heteroatoms. The molecule has 2 fully saturated rings. The van der Waals surface area contributed by atoms with Crippen molar-refractivity contribution in [3.8, 4) is 5.75 Å². The fraction of sp³-hybridized carbons (Fsp3) is 0.576. The van der Waals surface area contributed by atoms with Crippen molar-refractivity contribution in [3.05, 3.63) is 65.9 Å². The number of H-pyrrole nitrogens is 1. The Morgan fingerprint density at radius 1 is 0.721 bits per heavy atom. The number of benzene rings is 2. The predicted octanol–water partition coefficient (Wildman–Crippen LogP) is -1.13. The smallest absolute Gasteiger partial charge is 0.246 e. The summed E-state index contributed by atoms with van der Waals surface area (Å²) in [6, 6.07) is 3.84. The van der Waals surface area contributed by atoms with Gasteiger partial charge in [0.1, 0.15) is 48.0 Å². The SMILES string of the molecule is CC(=O)N[C@H](Cc1ccc(O)cc1)C(=O)N1C[C@H](O)C[C@H]1C(=O)N[C@@H](CC(N)=O)C(=O)N[C@H](C(=O)N[C@@H](CC1CCCCC1)C(=O)NCCC[C@@H](CC(C)C)C(=O)N[C@@H](CCCN=C(N)N)C(=O)N[C@@H](Cc1c[nH]c2ccccc12)C(N)=O)[C@@H](C)O. The number of carbonyl (C=O) groups is 10. The summed E-state index contributed by atoms with van der Waals surface area (Å²) in [4.78, 5) is 144. The third-order valence-corrected chi connectivity index (χ3v) is 15.4. The van der Waals surface area contributed by atoms with Crippen LogP contribution in [0.15, 0.2) is 59.7 Å². The number of nitrogens with zero attached hydrogens (tertiary/aromatic N) is 2. The molecule has 10 amide bonds. The number of aliphatic imine (C=N–C) groups is 1. The number of hydrogen-bond donors (Lipinski definition) is 15. The number of primary amides is 2. The Balaban J connectivity index is 1.25. The highest BCUT2D eigenvalue weighted by atomic mass is 16.3. The van der Waals surface area contributed by atoms with E-state index in [-0.39, 0.29) is 88.1 Å². The monoisotopic (exact) mass is 1200 g/mol. The van der Waals surface area contributed by atoms with Gasteiger partial charge < -0.3 is 85.4 Å². The third kappa shape index (κ3) is 21.6. The largest absolute Gasteiger partial charge is 0.508 e. The number of nitrogens with one attached hydrogen (secondary N) is 8. The minimum atomic E-state index is -1.76. The van der Waals surface area contributed by atoms with Gasteiger partial charge in [-0.2, -0.15) is 0 Å². The van der Waals surface area contributed by atoms with Gasteiger partial charge in [0.05, 0.1) is 18.6 Å². The number of aromatic amines is 1. The maximum absolute atomic E-state index is 14.2. The van der Waals surface area contributed by atoms with Crippen molar-refractivity contribution in [1.29, 1.82) is 0 Å². The first-order chi connectivity index (χ1) is 40.8. The summed E-state index contributed by atoms with van der Waals surface area (Å²) in [6.07, 6.45) is 3.86. The van der Waals surface area contributed by atoms with Crippen LogP contribution in [0.5, 0.6) is 5.75 Å². The molecule has 2 aliphatic rings. The number of rotatable bonds is 33. The van der Waals surface area contributed by atoms with Crippen LogP contribution >= 0.6 is 0 Å². The first kappa shape index (κ1) is 68.5. The van der Waals surface area contributed by atoms with Gasteiger partial charge in [-0.05, 0) is 86.6 Å². The standard InChI is InChI=1S/C59H88N14O13/c1-32(2)24-37(52(80)68-43(17-11-23-65-59(62)63)54(82)69-44(51(61)79)27-38-30-66-42-16-9-8-15-41(38)42)14-10-22-64-53(81)45(25-35-12-6-5-7-13-35)71-57(85)50(33(3)74)72-55(83)46(29-49(60)78)70-56(84)48-28-40(77)31-73(48)58(86)47(67-34(4)75)26-36-18-20-39(76)21-19-36/h8-9,15-16,18-21,30,32-33,35,37,40,43-48,50,66,74,76-77H,5-7,10-14,17,22-29,31H2,1-4H3,(H2,60,78)(H2,61,79)(H,64,81)(H,67,75)(H,68,80)(H,69,82)(H,70,84)(H,71,85)(H,72,83)(H4,62,63,65)/t33-,37+,40-,43+,44+,45+,46+,47-,48+,50+/m1/s1. The van der Waals surface area contributed by atoms with Crippen LogP contribution in [0.3, 0.4) is 0 Å². The molecule has 0 radical (unpaired) electrons. The summed E-state index contributed by atoms with van der Waals surface area (Å²) in [6.45, 7) is 6.18. The Bertz CT molecular complexity index is 2850. The van der Waals surface area contributed by atoms with E-state index in [0.717, 1.165) is 53.5 Å². The summed E-state index contributed by atoms with van der Waals surface area (Å²) < 4.78 is 0. The second-order valence-electron chi connectivity index (χ2n) is 23.1. The van der Waals surface area contributed by atoms with E-state index in [9.17, 15) is 63.3 Å². The fourth-order valence-electron chi connectivity index (χ4n) is 11.1. The number of aliphatic hydroxyl groups is 2. The lowest BCUT2D eigenvalue weighted by Gasteiger charge is -2.30. The summed E-state index contributed by atoms with van der Waals surface area (Å²) in [7, 11) is 0. The molecule has 10 atom stereocenters. The predicted molar refractivity (Wildman–Crippen MR) is 318 cm³/mol. The molecule has 1 aliphatic heterocycles. The molecule has 0 spiro atoms. The summed E-state index contributed by atoms with van der Waals surface area (Å²) >= 11 is 0. The highest BCUT2D eigenvalue weighted by Gasteiger charge is 2.43. The van der Waals surface area contributed by atoms with Crippen molar-refractivity contribution in [2.24, 2.45) is 45.7 Å². The summed E-state index contributed by atoms with van der Waals surface area (Å²) in [5.41, 5.74) is 24.5. The lowest BCUT2D eigenvalue weighted by Crippen LogP contribution is -2.61. The van der Waals surface area contributed by atoms with Crippen molar-refractivity contribution in [1.82, 2.24) is 47.1 Å². The summed E-state index contributed by atoms with van der Waals surface area (Å²) in [5, 5.41) is 50.8. The quantitative estimate of drug-likeness (QED) is 0.0195. The molecule has 1 aliphatic carbocycles. The van der Waals surface area contributed by atoms with Crippen LogP contribution in [-0.2, 0) is 60.8 Å². The Morgan fingerprint density at radius 2 is 1.38 bits per heavy atom. The number of guanidine groups is 1. The molecular weight excluding hydrogens is 1110 g/mol. The van der Waals surface area contributed by atoms with Crippen LogP contribution < -0.4 is 60.2 Å². The van der Waals surface area contributed by atoms with Crippen LogP contribution in [0.2, 0.25) is 0 Å². The van der Waals surface area contributed by atoms with Crippen LogP contribution in [0.1, 0.15) is 122 Å². The molecule has 1 aromatic heterocycles. The number of fused-ring (bicyclic) bond motifs is 1. The number of nitrogens with two attached hydrogens (primary N) is 4. The Morgan fingerprint density at radius 3 is 2.02 bits per heavy atom. The molecule has 2 heterocycles. The lowest BCUT2D eigenvalue weighted by molar-refractivity contribution is -0.142. The summed E-state index contributed by atoms with van der Waals surface area (Å²) in [5.74, 6) is -8.57. The van der Waals surface area contributed by atoms with Gasteiger partial charge in [-0.15, -0.1) is 0 Å². The second-order valence-corrected chi connectivity index (χ2v) is 23.1. The van der Waals surface area contributed by atoms with E-state index in [0.29, 0.717) is 18.4 Å². The molecule has 3 aromatic rings. The third-order valence-electron chi connectivity index (χ3n) is 15.4. The number of aromatic hydroxyl groups is 1. The first-order valence-corrected chi connectivity index (χ1v) is 29.5. The van der Waals surface area contributed by atoms with Gasteiger partial charge in [0.25, 0.3) is 0 Å². The maximum atomic E-state index is 14.2. The van der Waals surface area contributed by atoms with Crippen LogP contribution in [0, 0.1) is 17.8 Å². The normalized spacial score (nSPS) is 18.0. The number of β-amino-alcohol motifs (C(OH)–C–C–N with tert-alkyl or cyclic N) is 1. The average Bonchev–Trinajstić information content (AvgIpc) is 2.61. The topological polar surface area (TPSA) is 451 Å². The average molecular weight is 1200 g/mol. The Labute approximate surface area is 500 Å². The molecule has 0 unspecified atom stereocenters. The number of para-hydroxylation sites is 1. The van der Waals surface area contributed by atoms with Gasteiger partial charge in [0, 0.05) is 68.8 Å². The van der Waals surface area contributed by atoms with Crippen molar-refractivity contribution in [2.45, 2.75) is 179 Å². The highest BCUT2D eigenvalue weighted by Crippen LogP contribution is 2.28. The van der Waals surface area contributed by atoms with E-state index < -0.39 is 126 Å². The molecular formula is C59H88N14O13. The van der Waals surface area contributed by atoms with E-state index in [1.54, 1.807) is 18.3 Å². The molecule has 5 rings (SSSR count). The maximum Gasteiger partial charge on any atom is 0.246 e. The second kappa shape index (κ2) is 33.4. The van der Waals surface area contributed by atoms with E-state index in [4.69, 9.17) is 22.9 Å². The molecule has 1 saturated carbocycles. The van der Waals surface area contributed by atoms with E-state index in [2.05, 4.69) is 47.2 Å². The number of carbonyl (C=O) groups excluding carboxylic acids is 10. The molecule has 2 aromatic carbocycles. The van der Waals surface area contributed by atoms with Crippen molar-refractivity contribution in [3.63, 3.8) is 0 Å². The van der Waals surface area contributed by atoms with Crippen molar-refractivity contribution in [2.75, 3.05) is 19.6 Å². The van der Waals surface area contributed by atoms with E-state index in [1.807, 2.05) is 38.1 Å². The van der Waals surface area contributed by atoms with Gasteiger partial charge in [-0.1, -0.05) is 76.3 Å². The van der Waals surface area contributed by atoms with Crippen molar-refractivity contribution >= 4 is 75.9 Å². The van der Waals surface area contributed by atoms with E-state index in [1.165, 1.54) is 26.0 Å². The van der Waals surface area contributed by atoms with Gasteiger partial charge >= 0.3 is 0 Å². The molecule has 27 nitrogen and oxygen atoms in total.